The van der Waals surface area contributed by atoms with Crippen molar-refractivity contribution in [2.45, 2.75) is 13.0 Å². The standard InChI is InChI=1S/C14H12Cl2N2O2/c1-8(9-2-3-11(15)12(16)6-9)18-14(20)10-4-5-17-13(19)7-10/h2-8H,1H3,(H,17,19)(H,18,20). The van der Waals surface area contributed by atoms with Crippen LogP contribution in [0.15, 0.2) is 41.3 Å². The van der Waals surface area contributed by atoms with Crippen molar-refractivity contribution in [3.8, 4) is 0 Å². The molecule has 1 aromatic heterocycles. The van der Waals surface area contributed by atoms with E-state index in [0.717, 1.165) is 5.56 Å². The summed E-state index contributed by atoms with van der Waals surface area (Å²) in [5.74, 6) is -0.324. The molecule has 0 radical (unpaired) electrons. The molecule has 6 heteroatoms. The van der Waals surface area contributed by atoms with Crippen molar-refractivity contribution in [3.05, 3.63) is 68.1 Å². The van der Waals surface area contributed by atoms with E-state index in [4.69, 9.17) is 23.2 Å². The molecule has 20 heavy (non-hydrogen) atoms. The van der Waals surface area contributed by atoms with Gasteiger partial charge in [0.15, 0.2) is 0 Å². The summed E-state index contributed by atoms with van der Waals surface area (Å²) >= 11 is 11.8. The lowest BCUT2D eigenvalue weighted by atomic mass is 10.1. The van der Waals surface area contributed by atoms with Crippen molar-refractivity contribution < 1.29 is 4.79 Å². The van der Waals surface area contributed by atoms with Crippen molar-refractivity contribution in [2.24, 2.45) is 0 Å². The molecular formula is C14H12Cl2N2O2. The second kappa shape index (κ2) is 6.11. The van der Waals surface area contributed by atoms with E-state index < -0.39 is 0 Å². The van der Waals surface area contributed by atoms with E-state index in [2.05, 4.69) is 10.3 Å². The largest absolute Gasteiger partial charge is 0.346 e. The van der Waals surface area contributed by atoms with Gasteiger partial charge in [0.25, 0.3) is 5.91 Å². The SMILES string of the molecule is CC(NC(=O)c1cc[nH]c(=O)c1)c1ccc(Cl)c(Cl)c1. The van der Waals surface area contributed by atoms with Crippen LogP contribution in [0.2, 0.25) is 10.0 Å². The molecule has 1 atom stereocenters. The molecule has 1 unspecified atom stereocenters. The van der Waals surface area contributed by atoms with E-state index in [1.54, 1.807) is 18.2 Å². The quantitative estimate of drug-likeness (QED) is 0.914. The Morgan fingerprint density at radius 2 is 1.95 bits per heavy atom. The highest BCUT2D eigenvalue weighted by atomic mass is 35.5. The van der Waals surface area contributed by atoms with E-state index in [-0.39, 0.29) is 17.5 Å². The van der Waals surface area contributed by atoms with Crippen LogP contribution in [0, 0.1) is 0 Å². The van der Waals surface area contributed by atoms with Gasteiger partial charge in [-0.15, -0.1) is 0 Å². The summed E-state index contributed by atoms with van der Waals surface area (Å²) in [6.45, 7) is 1.82. The number of H-pyrrole nitrogens is 1. The summed E-state index contributed by atoms with van der Waals surface area (Å²) in [6, 6.07) is 7.70. The van der Waals surface area contributed by atoms with E-state index in [1.807, 2.05) is 6.92 Å². The molecule has 1 amide bonds. The van der Waals surface area contributed by atoms with Gasteiger partial charge in [-0.05, 0) is 30.7 Å². The first kappa shape index (κ1) is 14.6. The lowest BCUT2D eigenvalue weighted by Crippen LogP contribution is -2.27. The van der Waals surface area contributed by atoms with Crippen LogP contribution in [-0.2, 0) is 0 Å². The summed E-state index contributed by atoms with van der Waals surface area (Å²) in [4.78, 5) is 25.6. The minimum atomic E-state index is -0.324. The highest BCUT2D eigenvalue weighted by Crippen LogP contribution is 2.25. The fourth-order valence-electron chi connectivity index (χ4n) is 1.73. The Morgan fingerprint density at radius 3 is 2.60 bits per heavy atom. The maximum atomic E-state index is 12.0. The molecule has 1 aromatic carbocycles. The Bertz CT molecular complexity index is 698. The number of aromatic amines is 1. The number of rotatable bonds is 3. The van der Waals surface area contributed by atoms with E-state index >= 15 is 0 Å². The molecule has 0 aliphatic heterocycles. The number of aromatic nitrogens is 1. The fourth-order valence-corrected chi connectivity index (χ4v) is 2.04. The molecular weight excluding hydrogens is 299 g/mol. The van der Waals surface area contributed by atoms with Crippen LogP contribution in [-0.4, -0.2) is 10.9 Å². The van der Waals surface area contributed by atoms with Crippen LogP contribution in [0.3, 0.4) is 0 Å². The van der Waals surface area contributed by atoms with Crippen LogP contribution < -0.4 is 10.9 Å². The Balaban J connectivity index is 2.14. The zero-order valence-corrected chi connectivity index (χ0v) is 12.1. The van der Waals surface area contributed by atoms with Gasteiger partial charge in [0.1, 0.15) is 0 Å². The average molecular weight is 311 g/mol. The molecule has 0 fully saturated rings. The van der Waals surface area contributed by atoms with E-state index in [9.17, 15) is 9.59 Å². The maximum absolute atomic E-state index is 12.0. The Hall–Kier alpha value is -1.78. The number of hydrogen-bond acceptors (Lipinski definition) is 2. The van der Waals surface area contributed by atoms with Gasteiger partial charge < -0.3 is 10.3 Å². The lowest BCUT2D eigenvalue weighted by Gasteiger charge is -2.15. The maximum Gasteiger partial charge on any atom is 0.252 e. The summed E-state index contributed by atoms with van der Waals surface area (Å²) in [5, 5.41) is 3.69. The molecule has 0 aliphatic carbocycles. The van der Waals surface area contributed by atoms with Crippen LogP contribution >= 0.6 is 23.2 Å². The number of nitrogens with one attached hydrogen (secondary N) is 2. The molecule has 1 heterocycles. The number of amides is 1. The molecule has 2 aromatic rings. The zero-order valence-electron chi connectivity index (χ0n) is 10.6. The van der Waals surface area contributed by atoms with E-state index in [0.29, 0.717) is 15.6 Å². The Morgan fingerprint density at radius 1 is 1.20 bits per heavy atom. The normalized spacial score (nSPS) is 11.9. The number of halogens is 2. The highest BCUT2D eigenvalue weighted by Gasteiger charge is 2.12. The second-order valence-electron chi connectivity index (χ2n) is 4.31. The van der Waals surface area contributed by atoms with Gasteiger partial charge in [-0.25, -0.2) is 0 Å². The zero-order chi connectivity index (χ0) is 14.7. The second-order valence-corrected chi connectivity index (χ2v) is 5.12. The van der Waals surface area contributed by atoms with Gasteiger partial charge in [-0.1, -0.05) is 29.3 Å². The van der Waals surface area contributed by atoms with Crippen LogP contribution in [0.5, 0.6) is 0 Å². The fraction of sp³-hybridized carbons (Fsp3) is 0.143. The van der Waals surface area contributed by atoms with Crippen LogP contribution in [0.25, 0.3) is 0 Å². The predicted octanol–water partition coefficient (Wildman–Crippen LogP) is 3.17. The van der Waals surface area contributed by atoms with Gasteiger partial charge in [-0.2, -0.15) is 0 Å². The number of carbonyl (C=O) groups excluding carboxylic acids is 1. The minimum absolute atomic E-state index is 0.253. The molecule has 0 saturated carbocycles. The van der Waals surface area contributed by atoms with Crippen LogP contribution in [0.4, 0.5) is 0 Å². The third-order valence-corrected chi connectivity index (χ3v) is 3.57. The average Bonchev–Trinajstić information content (AvgIpc) is 2.41. The smallest absolute Gasteiger partial charge is 0.252 e. The molecule has 2 N–H and O–H groups in total. The van der Waals surface area contributed by atoms with Gasteiger partial charge in [0.2, 0.25) is 5.56 Å². The van der Waals surface area contributed by atoms with Crippen molar-refractivity contribution in [1.82, 2.24) is 10.3 Å². The molecule has 0 saturated heterocycles. The van der Waals surface area contributed by atoms with Gasteiger partial charge in [0.05, 0.1) is 16.1 Å². The summed E-state index contributed by atoms with van der Waals surface area (Å²) in [6.07, 6.45) is 1.43. The van der Waals surface area contributed by atoms with Gasteiger partial charge in [0, 0.05) is 17.8 Å². The molecule has 2 rings (SSSR count). The highest BCUT2D eigenvalue weighted by molar-refractivity contribution is 6.42. The Kier molecular flexibility index (Phi) is 4.47. The van der Waals surface area contributed by atoms with Crippen molar-refractivity contribution in [2.75, 3.05) is 0 Å². The number of hydrogen-bond donors (Lipinski definition) is 2. The predicted molar refractivity (Wildman–Crippen MR) is 79.4 cm³/mol. The molecule has 0 aliphatic rings. The monoisotopic (exact) mass is 310 g/mol. The van der Waals surface area contributed by atoms with Gasteiger partial charge in [-0.3, -0.25) is 9.59 Å². The van der Waals surface area contributed by atoms with Crippen LogP contribution in [0.1, 0.15) is 28.9 Å². The number of pyridine rings is 1. The first-order valence-electron chi connectivity index (χ1n) is 5.92. The molecule has 104 valence electrons. The van der Waals surface area contributed by atoms with Crippen molar-refractivity contribution >= 4 is 29.1 Å². The van der Waals surface area contributed by atoms with E-state index in [1.165, 1.54) is 18.3 Å². The number of benzene rings is 1. The topological polar surface area (TPSA) is 62.0 Å². The summed E-state index contributed by atoms with van der Waals surface area (Å²) in [5.41, 5.74) is 0.818. The third kappa shape index (κ3) is 3.40. The number of carbonyl (C=O) groups is 1. The molecule has 0 bridgehead atoms. The minimum Gasteiger partial charge on any atom is -0.346 e. The lowest BCUT2D eigenvalue weighted by molar-refractivity contribution is 0.0939. The van der Waals surface area contributed by atoms with Crippen molar-refractivity contribution in [1.29, 1.82) is 0 Å². The molecule has 4 nitrogen and oxygen atoms in total. The molecule has 0 spiro atoms. The third-order valence-electron chi connectivity index (χ3n) is 2.83. The summed E-state index contributed by atoms with van der Waals surface area (Å²) in [7, 11) is 0. The summed E-state index contributed by atoms with van der Waals surface area (Å²) < 4.78 is 0. The first-order valence-corrected chi connectivity index (χ1v) is 6.67. The first-order chi connectivity index (χ1) is 9.47. The Labute approximate surface area is 125 Å². The van der Waals surface area contributed by atoms with Crippen molar-refractivity contribution in [3.63, 3.8) is 0 Å². The van der Waals surface area contributed by atoms with Gasteiger partial charge >= 0.3 is 0 Å².